The first kappa shape index (κ1) is 18.9. The van der Waals surface area contributed by atoms with Gasteiger partial charge in [0.25, 0.3) is 0 Å². The van der Waals surface area contributed by atoms with Crippen molar-refractivity contribution in [1.29, 1.82) is 5.26 Å². The van der Waals surface area contributed by atoms with Crippen LogP contribution in [-0.4, -0.2) is 14.5 Å². The summed E-state index contributed by atoms with van der Waals surface area (Å²) in [6, 6.07) is 34.9. The molecule has 0 atom stereocenters. The van der Waals surface area contributed by atoms with E-state index in [-0.39, 0.29) is 0 Å². The number of rotatable bonds is 6. The molecule has 0 spiro atoms. The van der Waals surface area contributed by atoms with E-state index in [1.54, 1.807) is 6.21 Å². The highest BCUT2D eigenvalue weighted by Crippen LogP contribution is 2.13. The van der Waals surface area contributed by atoms with Gasteiger partial charge in [-0.15, -0.1) is 16.5 Å². The molecule has 0 saturated heterocycles. The van der Waals surface area contributed by atoms with Crippen LogP contribution >= 0.6 is 11.3 Å². The largest absolute Gasteiger partial charge is 0.438 e. The summed E-state index contributed by atoms with van der Waals surface area (Å²) in [6.07, 6.45) is 1.70. The van der Waals surface area contributed by atoms with Crippen LogP contribution in [0.15, 0.2) is 108 Å². The number of thiophene rings is 1. The third kappa shape index (κ3) is 3.90. The second-order valence-corrected chi connectivity index (χ2v) is 10.7. The predicted octanol–water partition coefficient (Wildman–Crippen LogP) is 3.64. The second kappa shape index (κ2) is 8.70. The van der Waals surface area contributed by atoms with Gasteiger partial charge in [0.1, 0.15) is 6.07 Å². The Morgan fingerprint density at radius 3 is 1.69 bits per heavy atom. The Balaban J connectivity index is 1.84. The van der Waals surface area contributed by atoms with Gasteiger partial charge in [-0.2, -0.15) is 5.26 Å². The molecule has 0 fully saturated rings. The predicted molar refractivity (Wildman–Crippen MR) is 122 cm³/mol. The lowest BCUT2D eigenvalue weighted by Crippen LogP contribution is -2.68. The molecule has 0 radical (unpaired) electrons. The SMILES string of the molecule is N#Cc1csc(/C=N/O[Si](c2ccccc2)(c2ccccc2)c2ccccc2)c1. The lowest BCUT2D eigenvalue weighted by molar-refractivity contribution is 0.351. The molecule has 140 valence electrons. The fourth-order valence-electron chi connectivity index (χ4n) is 3.31. The first-order chi connectivity index (χ1) is 14.3. The molecule has 1 aromatic heterocycles. The lowest BCUT2D eigenvalue weighted by atomic mass is 10.3. The van der Waals surface area contributed by atoms with Gasteiger partial charge in [0, 0.05) is 10.3 Å². The molecule has 29 heavy (non-hydrogen) atoms. The average Bonchev–Trinajstić information content (AvgIpc) is 3.27. The summed E-state index contributed by atoms with van der Waals surface area (Å²) in [5, 5.41) is 18.7. The Bertz CT molecular complexity index is 1040. The summed E-state index contributed by atoms with van der Waals surface area (Å²) in [7, 11) is -2.84. The molecule has 0 aliphatic rings. The van der Waals surface area contributed by atoms with Crippen molar-refractivity contribution < 1.29 is 4.53 Å². The molecule has 0 aliphatic carbocycles. The zero-order valence-electron chi connectivity index (χ0n) is 15.6. The fraction of sp³-hybridized carbons (Fsp3) is 0. The molecule has 0 saturated carbocycles. The van der Waals surface area contributed by atoms with Crippen molar-refractivity contribution >= 4 is 41.4 Å². The summed E-state index contributed by atoms with van der Waals surface area (Å²) in [6.45, 7) is 0. The van der Waals surface area contributed by atoms with Crippen molar-refractivity contribution in [3.8, 4) is 6.07 Å². The molecule has 1 heterocycles. The molecule has 4 rings (SSSR count). The molecule has 0 aliphatic heterocycles. The monoisotopic (exact) mass is 410 g/mol. The van der Waals surface area contributed by atoms with Gasteiger partial charge in [-0.05, 0) is 21.6 Å². The molecule has 3 nitrogen and oxygen atoms in total. The van der Waals surface area contributed by atoms with Gasteiger partial charge in [0.05, 0.1) is 11.8 Å². The van der Waals surface area contributed by atoms with Gasteiger partial charge < -0.3 is 4.53 Å². The number of nitrogens with zero attached hydrogens (tertiary/aromatic N) is 2. The maximum absolute atomic E-state index is 9.04. The first-order valence-corrected chi connectivity index (χ1v) is 12.0. The topological polar surface area (TPSA) is 45.4 Å². The average molecular weight is 411 g/mol. The van der Waals surface area contributed by atoms with E-state index in [4.69, 9.17) is 9.79 Å². The van der Waals surface area contributed by atoms with Gasteiger partial charge in [-0.3, -0.25) is 0 Å². The van der Waals surface area contributed by atoms with Crippen LogP contribution in [0.25, 0.3) is 0 Å². The maximum atomic E-state index is 9.04. The van der Waals surface area contributed by atoms with Crippen molar-refractivity contribution in [2.45, 2.75) is 0 Å². The second-order valence-electron chi connectivity index (χ2n) is 6.45. The van der Waals surface area contributed by atoms with Gasteiger partial charge in [-0.1, -0.05) is 91.0 Å². The van der Waals surface area contributed by atoms with Gasteiger partial charge in [-0.25, -0.2) is 0 Å². The number of hydrogen-bond acceptors (Lipinski definition) is 4. The Labute approximate surface area is 175 Å². The molecular weight excluding hydrogens is 392 g/mol. The number of oxime groups is 1. The zero-order chi connectivity index (χ0) is 19.9. The van der Waals surface area contributed by atoms with Crippen LogP contribution in [0.5, 0.6) is 0 Å². The minimum atomic E-state index is -2.84. The van der Waals surface area contributed by atoms with Crippen molar-refractivity contribution in [2.75, 3.05) is 0 Å². The molecule has 0 bridgehead atoms. The van der Waals surface area contributed by atoms with E-state index < -0.39 is 8.32 Å². The van der Waals surface area contributed by atoms with E-state index in [0.717, 1.165) is 20.4 Å². The van der Waals surface area contributed by atoms with Crippen LogP contribution in [-0.2, 0) is 4.53 Å². The summed E-state index contributed by atoms with van der Waals surface area (Å²) in [4.78, 5) is 0.888. The summed E-state index contributed by atoms with van der Waals surface area (Å²) in [5.74, 6) is 0. The standard InChI is InChI=1S/C24H18N2OSSi/c25-17-20-16-21(28-19-20)18-26-27-29(22-10-4-1-5-11-22,23-12-6-2-7-13-23)24-14-8-3-9-15-24/h1-16,18-19H/b26-18+. The van der Waals surface area contributed by atoms with Crippen LogP contribution in [0.4, 0.5) is 0 Å². The van der Waals surface area contributed by atoms with E-state index in [9.17, 15) is 0 Å². The molecule has 3 aromatic carbocycles. The number of nitriles is 1. The third-order valence-electron chi connectivity index (χ3n) is 4.66. The highest BCUT2D eigenvalue weighted by atomic mass is 32.1. The van der Waals surface area contributed by atoms with Gasteiger partial charge >= 0.3 is 8.32 Å². The third-order valence-corrected chi connectivity index (χ3v) is 9.35. The van der Waals surface area contributed by atoms with Crippen LogP contribution in [0, 0.1) is 11.3 Å². The van der Waals surface area contributed by atoms with Crippen molar-refractivity contribution in [3.63, 3.8) is 0 Å². The molecule has 4 aromatic rings. The van der Waals surface area contributed by atoms with Crippen molar-refractivity contribution in [1.82, 2.24) is 0 Å². The van der Waals surface area contributed by atoms with Crippen LogP contribution in [0.3, 0.4) is 0 Å². The summed E-state index contributed by atoms with van der Waals surface area (Å²) in [5.41, 5.74) is 0.633. The Kier molecular flexibility index (Phi) is 5.66. The summed E-state index contributed by atoms with van der Waals surface area (Å²) >= 11 is 1.48. The first-order valence-electron chi connectivity index (χ1n) is 9.20. The minimum absolute atomic E-state index is 0.633. The fourth-order valence-corrected chi connectivity index (χ4v) is 7.51. The quantitative estimate of drug-likeness (QED) is 0.211. The molecule has 5 heteroatoms. The van der Waals surface area contributed by atoms with Crippen molar-refractivity contribution in [3.05, 3.63) is 113 Å². The van der Waals surface area contributed by atoms with Crippen LogP contribution in [0.1, 0.15) is 10.4 Å². The maximum Gasteiger partial charge on any atom is 0.380 e. The molecule has 0 unspecified atom stereocenters. The van der Waals surface area contributed by atoms with Gasteiger partial charge in [0.15, 0.2) is 0 Å². The van der Waals surface area contributed by atoms with E-state index in [1.165, 1.54) is 11.3 Å². The highest BCUT2D eigenvalue weighted by molar-refractivity contribution is 7.12. The Morgan fingerprint density at radius 2 is 1.28 bits per heavy atom. The Hall–Kier alpha value is -3.46. The minimum Gasteiger partial charge on any atom is -0.438 e. The van der Waals surface area contributed by atoms with Gasteiger partial charge in [0.2, 0.25) is 0 Å². The normalized spacial score (nSPS) is 11.3. The number of hydrogen-bond donors (Lipinski definition) is 0. The van der Waals surface area contributed by atoms with E-state index in [0.29, 0.717) is 5.56 Å². The smallest absolute Gasteiger partial charge is 0.380 e. The highest BCUT2D eigenvalue weighted by Gasteiger charge is 2.44. The number of benzene rings is 3. The van der Waals surface area contributed by atoms with E-state index in [1.807, 2.05) is 66.0 Å². The zero-order valence-corrected chi connectivity index (χ0v) is 17.4. The summed E-state index contributed by atoms with van der Waals surface area (Å²) < 4.78 is 6.47. The molecule has 0 amide bonds. The molecule has 0 N–H and O–H groups in total. The van der Waals surface area contributed by atoms with E-state index in [2.05, 4.69) is 47.6 Å². The van der Waals surface area contributed by atoms with Crippen LogP contribution in [0.2, 0.25) is 0 Å². The van der Waals surface area contributed by atoms with Crippen molar-refractivity contribution in [2.24, 2.45) is 5.16 Å². The Morgan fingerprint density at radius 1 is 0.793 bits per heavy atom. The molecular formula is C24H18N2OSSi. The lowest BCUT2D eigenvalue weighted by Gasteiger charge is -2.29. The van der Waals surface area contributed by atoms with Crippen LogP contribution < -0.4 is 15.6 Å². The van der Waals surface area contributed by atoms with E-state index >= 15 is 0 Å².